The summed E-state index contributed by atoms with van der Waals surface area (Å²) in [6.45, 7) is -0.413. The van der Waals surface area contributed by atoms with Gasteiger partial charge in [-0.25, -0.2) is 8.78 Å². The zero-order valence-electron chi connectivity index (χ0n) is 8.39. The highest BCUT2D eigenvalue weighted by atomic mass is 35.5. The SMILES string of the molecule is [N-]=[N+]=NCC(O)C(O)c1cc(F)c(Cl)c(F)c1. The Labute approximate surface area is 99.9 Å². The van der Waals surface area contributed by atoms with Gasteiger partial charge in [0.15, 0.2) is 0 Å². The third-order valence-corrected chi connectivity index (χ3v) is 2.41. The van der Waals surface area contributed by atoms with Crippen LogP contribution in [0.1, 0.15) is 11.7 Å². The Morgan fingerprint density at radius 2 is 1.88 bits per heavy atom. The zero-order valence-corrected chi connectivity index (χ0v) is 9.14. The van der Waals surface area contributed by atoms with Gasteiger partial charge in [0.2, 0.25) is 0 Å². The Morgan fingerprint density at radius 3 is 2.35 bits per heavy atom. The maximum atomic E-state index is 13.1. The second-order valence-electron chi connectivity index (χ2n) is 3.22. The minimum absolute atomic E-state index is 0.190. The fraction of sp³-hybridized carbons (Fsp3) is 0.333. The second-order valence-corrected chi connectivity index (χ2v) is 3.60. The molecular weight excluding hydrogens is 256 g/mol. The van der Waals surface area contributed by atoms with Gasteiger partial charge >= 0.3 is 0 Å². The highest BCUT2D eigenvalue weighted by Crippen LogP contribution is 2.25. The van der Waals surface area contributed by atoms with Crippen LogP contribution in [0.3, 0.4) is 0 Å². The molecule has 0 aromatic heterocycles. The van der Waals surface area contributed by atoms with Crippen molar-refractivity contribution in [3.05, 3.63) is 44.8 Å². The summed E-state index contributed by atoms with van der Waals surface area (Å²) in [5, 5.41) is 21.3. The largest absolute Gasteiger partial charge is 0.390 e. The first-order valence-corrected chi connectivity index (χ1v) is 4.86. The normalized spacial score (nSPS) is 13.9. The zero-order chi connectivity index (χ0) is 13.0. The third-order valence-electron chi connectivity index (χ3n) is 2.04. The van der Waals surface area contributed by atoms with E-state index in [4.69, 9.17) is 17.1 Å². The van der Waals surface area contributed by atoms with Gasteiger partial charge in [0, 0.05) is 4.91 Å². The van der Waals surface area contributed by atoms with Crippen molar-refractivity contribution in [2.24, 2.45) is 5.11 Å². The van der Waals surface area contributed by atoms with Gasteiger partial charge in [-0.3, -0.25) is 0 Å². The van der Waals surface area contributed by atoms with E-state index in [9.17, 15) is 19.0 Å². The summed E-state index contributed by atoms with van der Waals surface area (Å²) in [4.78, 5) is 2.39. The average Bonchev–Trinajstić information content (AvgIpc) is 2.31. The maximum Gasteiger partial charge on any atom is 0.145 e. The van der Waals surface area contributed by atoms with Gasteiger partial charge in [-0.05, 0) is 23.2 Å². The molecule has 0 fully saturated rings. The van der Waals surface area contributed by atoms with Gasteiger partial charge in [-0.15, -0.1) is 0 Å². The topological polar surface area (TPSA) is 89.2 Å². The molecule has 0 saturated carbocycles. The molecule has 17 heavy (non-hydrogen) atoms. The van der Waals surface area contributed by atoms with Gasteiger partial charge in [-0.2, -0.15) is 0 Å². The van der Waals surface area contributed by atoms with Gasteiger partial charge in [0.1, 0.15) is 22.8 Å². The molecule has 92 valence electrons. The highest BCUT2D eigenvalue weighted by molar-refractivity contribution is 6.30. The van der Waals surface area contributed by atoms with E-state index >= 15 is 0 Å². The number of nitrogens with zero attached hydrogens (tertiary/aromatic N) is 3. The van der Waals surface area contributed by atoms with Gasteiger partial charge < -0.3 is 10.2 Å². The quantitative estimate of drug-likeness (QED) is 0.378. The van der Waals surface area contributed by atoms with E-state index in [1.165, 1.54) is 0 Å². The third kappa shape index (κ3) is 3.28. The summed E-state index contributed by atoms with van der Waals surface area (Å²) in [7, 11) is 0. The summed E-state index contributed by atoms with van der Waals surface area (Å²) < 4.78 is 26.1. The predicted octanol–water partition coefficient (Wildman–Crippen LogP) is 2.32. The number of halogens is 3. The Kier molecular flexibility index (Phi) is 4.65. The molecule has 1 rings (SSSR count). The first kappa shape index (κ1) is 13.7. The van der Waals surface area contributed by atoms with E-state index in [1.54, 1.807) is 0 Å². The van der Waals surface area contributed by atoms with Gasteiger partial charge in [0.25, 0.3) is 0 Å². The molecular formula is C9H8ClF2N3O2. The lowest BCUT2D eigenvalue weighted by atomic mass is 10.0. The molecule has 5 nitrogen and oxygen atoms in total. The van der Waals surface area contributed by atoms with Crippen LogP contribution in [0.2, 0.25) is 5.02 Å². The molecule has 0 aliphatic rings. The molecule has 0 amide bonds. The minimum atomic E-state index is -1.57. The molecule has 1 aromatic carbocycles. The molecule has 2 N–H and O–H groups in total. The summed E-state index contributed by atoms with van der Waals surface area (Å²) in [6.07, 6.45) is -3.02. The van der Waals surface area contributed by atoms with Crippen LogP contribution in [0.15, 0.2) is 17.2 Å². The molecule has 2 unspecified atom stereocenters. The fourth-order valence-corrected chi connectivity index (χ4v) is 1.30. The molecule has 0 saturated heterocycles. The van der Waals surface area contributed by atoms with Crippen LogP contribution in [0.5, 0.6) is 0 Å². The van der Waals surface area contributed by atoms with E-state index in [0.717, 1.165) is 12.1 Å². The monoisotopic (exact) mass is 263 g/mol. The van der Waals surface area contributed by atoms with E-state index in [-0.39, 0.29) is 5.56 Å². The molecule has 0 heterocycles. The smallest absolute Gasteiger partial charge is 0.145 e. The predicted molar refractivity (Wildman–Crippen MR) is 56.3 cm³/mol. The van der Waals surface area contributed by atoms with Crippen LogP contribution >= 0.6 is 11.6 Å². The van der Waals surface area contributed by atoms with Crippen LogP contribution in [0.25, 0.3) is 10.4 Å². The number of benzene rings is 1. The summed E-state index contributed by atoms with van der Waals surface area (Å²) >= 11 is 5.26. The molecule has 0 radical (unpaired) electrons. The van der Waals surface area contributed by atoms with Crippen molar-refractivity contribution < 1.29 is 19.0 Å². The number of aliphatic hydroxyl groups is 2. The van der Waals surface area contributed by atoms with Crippen molar-refractivity contribution in [2.75, 3.05) is 6.54 Å². The lowest BCUT2D eigenvalue weighted by molar-refractivity contribution is 0.0240. The number of hydrogen-bond acceptors (Lipinski definition) is 3. The summed E-state index contributed by atoms with van der Waals surface area (Å²) in [5.41, 5.74) is 7.83. The van der Waals surface area contributed by atoms with Crippen LogP contribution in [-0.2, 0) is 0 Å². The fourth-order valence-electron chi connectivity index (χ4n) is 1.19. The van der Waals surface area contributed by atoms with E-state index in [2.05, 4.69) is 10.0 Å². The molecule has 0 aliphatic heterocycles. The Morgan fingerprint density at radius 1 is 1.35 bits per heavy atom. The van der Waals surface area contributed by atoms with Crippen molar-refractivity contribution in [3.8, 4) is 0 Å². The minimum Gasteiger partial charge on any atom is -0.390 e. The van der Waals surface area contributed by atoms with Crippen molar-refractivity contribution in [2.45, 2.75) is 12.2 Å². The van der Waals surface area contributed by atoms with Gasteiger partial charge in [-0.1, -0.05) is 16.7 Å². The lowest BCUT2D eigenvalue weighted by Crippen LogP contribution is -2.21. The Hall–Kier alpha value is -1.40. The summed E-state index contributed by atoms with van der Waals surface area (Å²) in [6, 6.07) is 1.60. The molecule has 2 atom stereocenters. The van der Waals surface area contributed by atoms with Crippen LogP contribution in [-0.4, -0.2) is 22.9 Å². The highest BCUT2D eigenvalue weighted by Gasteiger charge is 2.20. The van der Waals surface area contributed by atoms with Crippen molar-refractivity contribution in [1.82, 2.24) is 0 Å². The first-order valence-electron chi connectivity index (χ1n) is 4.48. The number of azide groups is 1. The van der Waals surface area contributed by atoms with E-state index in [1.807, 2.05) is 0 Å². The lowest BCUT2D eigenvalue weighted by Gasteiger charge is -2.16. The average molecular weight is 264 g/mol. The molecule has 0 spiro atoms. The van der Waals surface area contributed by atoms with E-state index in [0.29, 0.717) is 0 Å². The maximum absolute atomic E-state index is 13.1. The molecule has 1 aromatic rings. The number of aliphatic hydroxyl groups excluding tert-OH is 2. The summed E-state index contributed by atoms with van der Waals surface area (Å²) in [5.74, 6) is -2.09. The second kappa shape index (κ2) is 5.79. The Bertz CT molecular complexity index is 443. The Balaban J connectivity index is 2.96. The van der Waals surface area contributed by atoms with E-state index < -0.39 is 35.4 Å². The number of rotatable bonds is 4. The van der Waals surface area contributed by atoms with Crippen molar-refractivity contribution >= 4 is 11.6 Å². The first-order chi connectivity index (χ1) is 7.97. The van der Waals surface area contributed by atoms with Crippen molar-refractivity contribution in [3.63, 3.8) is 0 Å². The standard InChI is InChI=1S/C9H8ClF2N3O2/c10-8-5(11)1-4(2-6(8)12)9(17)7(16)3-14-15-13/h1-2,7,9,16-17H,3H2. The molecule has 0 bridgehead atoms. The van der Waals surface area contributed by atoms with Gasteiger partial charge in [0.05, 0.1) is 12.6 Å². The molecule has 0 aliphatic carbocycles. The number of hydrogen-bond donors (Lipinski definition) is 2. The van der Waals surface area contributed by atoms with Crippen LogP contribution in [0.4, 0.5) is 8.78 Å². The van der Waals surface area contributed by atoms with Crippen LogP contribution in [0, 0.1) is 11.6 Å². The van der Waals surface area contributed by atoms with Crippen LogP contribution < -0.4 is 0 Å². The van der Waals surface area contributed by atoms with Crippen molar-refractivity contribution in [1.29, 1.82) is 0 Å². The molecule has 8 heteroatoms.